The van der Waals surface area contributed by atoms with Crippen molar-refractivity contribution in [2.45, 2.75) is 24.7 Å². The zero-order valence-electron chi connectivity index (χ0n) is 20.2. The van der Waals surface area contributed by atoms with Gasteiger partial charge in [0, 0.05) is 13.2 Å². The van der Waals surface area contributed by atoms with Crippen LogP contribution < -0.4 is 9.47 Å². The van der Waals surface area contributed by atoms with Gasteiger partial charge in [-0.15, -0.1) is 0 Å². The molecule has 182 valence electrons. The van der Waals surface area contributed by atoms with Crippen molar-refractivity contribution in [3.63, 3.8) is 0 Å². The van der Waals surface area contributed by atoms with Crippen LogP contribution in [0, 0.1) is 11.3 Å². The maximum Gasteiger partial charge on any atom is 0.337 e. The number of rotatable bonds is 14. The van der Waals surface area contributed by atoms with Gasteiger partial charge in [-0.1, -0.05) is 18.2 Å². The van der Waals surface area contributed by atoms with E-state index < -0.39 is 11.4 Å². The summed E-state index contributed by atoms with van der Waals surface area (Å²) in [7, 11) is 6.47. The molecule has 0 N–H and O–H groups in total. The largest absolute Gasteiger partial charge is 0.493 e. The number of hydrogen-bond donors (Lipinski definition) is 0. The van der Waals surface area contributed by atoms with Crippen LogP contribution in [0.4, 0.5) is 0 Å². The first kappa shape index (κ1) is 26.8. The topological polar surface area (TPSA) is 98.1 Å². The molecule has 0 amide bonds. The smallest absolute Gasteiger partial charge is 0.337 e. The molecule has 0 saturated carbocycles. The number of benzene rings is 2. The summed E-state index contributed by atoms with van der Waals surface area (Å²) in [6.07, 6.45) is 2.25. The van der Waals surface area contributed by atoms with E-state index >= 15 is 0 Å². The third kappa shape index (κ3) is 7.04. The number of nitrogens with zero attached hydrogens (tertiary/aromatic N) is 2. The molecule has 0 bridgehead atoms. The molecule has 8 heteroatoms. The number of carbonyl (C=O) groups is 2. The van der Waals surface area contributed by atoms with E-state index in [2.05, 4.69) is 6.07 Å². The molecule has 1 atom stereocenters. The summed E-state index contributed by atoms with van der Waals surface area (Å²) in [5.41, 5.74) is 0.560. The molecule has 0 spiro atoms. The zero-order valence-corrected chi connectivity index (χ0v) is 20.2. The number of likely N-dealkylation sites (N-methyl/N-ethyl adjacent to an activating group) is 1. The SMILES string of the molecule is COC(=O)c1cccc(C(C#N)(C=O)CCCOCN(C)CCc2ccc(OC)c(OC)c2)c1. The Hall–Kier alpha value is -3.41. The van der Waals surface area contributed by atoms with Crippen LogP contribution in [-0.4, -0.2) is 65.4 Å². The molecular formula is C26H32N2O6. The van der Waals surface area contributed by atoms with Gasteiger partial charge in [0.25, 0.3) is 0 Å². The molecule has 34 heavy (non-hydrogen) atoms. The van der Waals surface area contributed by atoms with E-state index in [4.69, 9.17) is 18.9 Å². The molecule has 0 saturated heterocycles. The zero-order chi connectivity index (χ0) is 25.0. The quantitative estimate of drug-likeness (QED) is 0.180. The molecule has 1 unspecified atom stereocenters. The third-order valence-electron chi connectivity index (χ3n) is 5.60. The van der Waals surface area contributed by atoms with Crippen LogP contribution in [0.15, 0.2) is 42.5 Å². The molecule has 0 radical (unpaired) electrons. The number of ether oxygens (including phenoxy) is 4. The van der Waals surface area contributed by atoms with E-state index in [1.165, 1.54) is 13.2 Å². The molecule has 0 aliphatic rings. The summed E-state index contributed by atoms with van der Waals surface area (Å²) in [6, 6.07) is 14.4. The van der Waals surface area contributed by atoms with Crippen LogP contribution in [0.1, 0.15) is 34.3 Å². The van der Waals surface area contributed by atoms with E-state index in [0.29, 0.717) is 48.7 Å². The van der Waals surface area contributed by atoms with Crippen molar-refractivity contribution in [2.24, 2.45) is 0 Å². The Kier molecular flexibility index (Phi) is 10.5. The fourth-order valence-corrected chi connectivity index (χ4v) is 3.55. The highest BCUT2D eigenvalue weighted by Gasteiger charge is 2.32. The number of methoxy groups -OCH3 is 3. The van der Waals surface area contributed by atoms with Gasteiger partial charge in [0.05, 0.1) is 39.7 Å². The van der Waals surface area contributed by atoms with Gasteiger partial charge in [-0.3, -0.25) is 4.90 Å². The maximum atomic E-state index is 11.9. The fourth-order valence-electron chi connectivity index (χ4n) is 3.55. The predicted molar refractivity (Wildman–Crippen MR) is 127 cm³/mol. The minimum absolute atomic E-state index is 0.285. The number of nitriles is 1. The summed E-state index contributed by atoms with van der Waals surface area (Å²) in [5, 5.41) is 9.75. The monoisotopic (exact) mass is 468 g/mol. The normalized spacial score (nSPS) is 12.5. The van der Waals surface area contributed by atoms with Crippen molar-refractivity contribution in [1.29, 1.82) is 5.26 Å². The first-order valence-corrected chi connectivity index (χ1v) is 11.0. The number of esters is 1. The van der Waals surface area contributed by atoms with E-state index in [1.54, 1.807) is 32.4 Å². The summed E-state index contributed by atoms with van der Waals surface area (Å²) >= 11 is 0. The lowest BCUT2D eigenvalue weighted by Crippen LogP contribution is -2.28. The first-order valence-electron chi connectivity index (χ1n) is 11.0. The summed E-state index contributed by atoms with van der Waals surface area (Å²) < 4.78 is 21.1. The standard InChI is InChI=1S/C26H32N2O6/c1-28(13-11-20-9-10-23(31-2)24(15-20)32-3)19-34-14-6-12-26(17-27,18-29)22-8-5-7-21(16-22)25(30)33-4/h5,7-10,15-16,18H,6,11-14,19H2,1-4H3. The van der Waals surface area contributed by atoms with Gasteiger partial charge in [0.15, 0.2) is 11.5 Å². The second-order valence-electron chi connectivity index (χ2n) is 7.93. The Morgan fingerprint density at radius 3 is 2.53 bits per heavy atom. The highest BCUT2D eigenvalue weighted by Crippen LogP contribution is 2.29. The molecule has 2 aromatic rings. The molecular weight excluding hydrogens is 436 g/mol. The van der Waals surface area contributed by atoms with Gasteiger partial charge in [0.2, 0.25) is 0 Å². The van der Waals surface area contributed by atoms with Gasteiger partial charge in [-0.2, -0.15) is 5.26 Å². The van der Waals surface area contributed by atoms with Crippen LogP contribution in [0.5, 0.6) is 11.5 Å². The third-order valence-corrected chi connectivity index (χ3v) is 5.60. The van der Waals surface area contributed by atoms with Crippen molar-refractivity contribution < 1.29 is 28.5 Å². The molecule has 2 aromatic carbocycles. The molecule has 8 nitrogen and oxygen atoms in total. The van der Waals surface area contributed by atoms with Crippen molar-refractivity contribution in [3.8, 4) is 17.6 Å². The Bertz CT molecular complexity index is 1000. The number of carbonyl (C=O) groups excluding carboxylic acids is 2. The van der Waals surface area contributed by atoms with Crippen LogP contribution >= 0.6 is 0 Å². The van der Waals surface area contributed by atoms with Crippen LogP contribution in [0.2, 0.25) is 0 Å². The Balaban J connectivity index is 1.83. The lowest BCUT2D eigenvalue weighted by Gasteiger charge is -2.22. The van der Waals surface area contributed by atoms with Gasteiger partial charge in [-0.25, -0.2) is 4.79 Å². The lowest BCUT2D eigenvalue weighted by atomic mass is 9.79. The van der Waals surface area contributed by atoms with Crippen molar-refractivity contribution in [3.05, 3.63) is 59.2 Å². The fraction of sp³-hybridized carbons (Fsp3) is 0.423. The summed E-state index contributed by atoms with van der Waals surface area (Å²) in [5.74, 6) is 0.884. The Morgan fingerprint density at radius 2 is 1.88 bits per heavy atom. The number of hydrogen-bond acceptors (Lipinski definition) is 8. The summed E-state index contributed by atoms with van der Waals surface area (Å²) in [4.78, 5) is 25.7. The van der Waals surface area contributed by atoms with Gasteiger partial charge < -0.3 is 23.7 Å². The van der Waals surface area contributed by atoms with Gasteiger partial charge in [0.1, 0.15) is 11.7 Å². The molecule has 0 heterocycles. The Morgan fingerprint density at radius 1 is 1.12 bits per heavy atom. The van der Waals surface area contributed by atoms with E-state index in [1.807, 2.05) is 30.1 Å². The minimum Gasteiger partial charge on any atom is -0.493 e. The summed E-state index contributed by atoms with van der Waals surface area (Å²) in [6.45, 7) is 1.60. The maximum absolute atomic E-state index is 11.9. The molecule has 0 aliphatic carbocycles. The highest BCUT2D eigenvalue weighted by atomic mass is 16.5. The van der Waals surface area contributed by atoms with Crippen molar-refractivity contribution in [1.82, 2.24) is 4.90 Å². The average molecular weight is 469 g/mol. The van der Waals surface area contributed by atoms with Crippen molar-refractivity contribution >= 4 is 12.3 Å². The van der Waals surface area contributed by atoms with E-state index in [9.17, 15) is 14.9 Å². The number of aldehydes is 1. The van der Waals surface area contributed by atoms with Gasteiger partial charge in [-0.05, 0) is 61.7 Å². The molecule has 0 aliphatic heterocycles. The molecule has 0 fully saturated rings. The highest BCUT2D eigenvalue weighted by molar-refractivity contribution is 5.90. The molecule has 0 aromatic heterocycles. The predicted octanol–water partition coefficient (Wildman–Crippen LogP) is 3.38. The lowest BCUT2D eigenvalue weighted by molar-refractivity contribution is -0.111. The van der Waals surface area contributed by atoms with Gasteiger partial charge >= 0.3 is 5.97 Å². The molecule has 2 rings (SSSR count). The van der Waals surface area contributed by atoms with E-state index in [-0.39, 0.29) is 6.42 Å². The van der Waals surface area contributed by atoms with Crippen LogP contribution in [0.25, 0.3) is 0 Å². The first-order chi connectivity index (χ1) is 16.4. The minimum atomic E-state index is -1.34. The average Bonchev–Trinajstić information content (AvgIpc) is 2.89. The van der Waals surface area contributed by atoms with E-state index in [0.717, 1.165) is 18.5 Å². The van der Waals surface area contributed by atoms with Crippen molar-refractivity contribution in [2.75, 3.05) is 48.3 Å². The second kappa shape index (κ2) is 13.3. The van der Waals surface area contributed by atoms with Crippen LogP contribution in [0.3, 0.4) is 0 Å². The second-order valence-corrected chi connectivity index (χ2v) is 7.93. The Labute approximate surface area is 201 Å². The van der Waals surface area contributed by atoms with Crippen LogP contribution in [-0.2, 0) is 26.1 Å².